The molecule has 0 spiro atoms. The molecule has 1 atom stereocenters. The Morgan fingerprint density at radius 2 is 1.95 bits per heavy atom. The van der Waals surface area contributed by atoms with Gasteiger partial charge in [0.25, 0.3) is 0 Å². The second-order valence-electron chi connectivity index (χ2n) is 5.52. The third kappa shape index (κ3) is 4.87. The van der Waals surface area contributed by atoms with Gasteiger partial charge in [-0.15, -0.1) is 11.3 Å². The van der Waals surface area contributed by atoms with Crippen molar-refractivity contribution in [3.05, 3.63) is 52.2 Å². The lowest BCUT2D eigenvalue weighted by molar-refractivity contribution is 0.571. The van der Waals surface area contributed by atoms with E-state index in [0.717, 1.165) is 19.5 Å². The molecule has 2 nitrogen and oxygen atoms in total. The molecule has 0 amide bonds. The molecule has 1 aromatic carbocycles. The van der Waals surface area contributed by atoms with E-state index in [4.69, 9.17) is 0 Å². The Kier molecular flexibility index (Phi) is 6.27. The Hall–Kier alpha value is -1.32. The maximum absolute atomic E-state index is 3.53. The van der Waals surface area contributed by atoms with Crippen molar-refractivity contribution in [2.75, 3.05) is 25.0 Å². The van der Waals surface area contributed by atoms with Crippen LogP contribution < -0.4 is 10.2 Å². The van der Waals surface area contributed by atoms with Crippen LogP contribution >= 0.6 is 11.3 Å². The van der Waals surface area contributed by atoms with E-state index in [2.05, 4.69) is 72.9 Å². The quantitative estimate of drug-likeness (QED) is 0.773. The maximum atomic E-state index is 3.53. The summed E-state index contributed by atoms with van der Waals surface area (Å²) in [4.78, 5) is 3.78. The van der Waals surface area contributed by atoms with Crippen LogP contribution in [-0.4, -0.2) is 20.1 Å². The van der Waals surface area contributed by atoms with E-state index in [1.807, 2.05) is 11.3 Å². The van der Waals surface area contributed by atoms with Gasteiger partial charge in [-0.05, 0) is 55.5 Å². The first kappa shape index (κ1) is 16.1. The van der Waals surface area contributed by atoms with Crippen molar-refractivity contribution in [1.29, 1.82) is 0 Å². The summed E-state index contributed by atoms with van der Waals surface area (Å²) in [6.07, 6.45) is 2.29. The van der Waals surface area contributed by atoms with E-state index in [1.54, 1.807) is 0 Å². The molecule has 21 heavy (non-hydrogen) atoms. The van der Waals surface area contributed by atoms with E-state index in [9.17, 15) is 0 Å². The fourth-order valence-electron chi connectivity index (χ4n) is 2.36. The van der Waals surface area contributed by atoms with Gasteiger partial charge in [-0.3, -0.25) is 0 Å². The molecule has 0 aliphatic carbocycles. The Bertz CT molecular complexity index is 505. The molecule has 1 heterocycles. The average Bonchev–Trinajstić information content (AvgIpc) is 3.04. The first-order chi connectivity index (χ1) is 10.2. The summed E-state index contributed by atoms with van der Waals surface area (Å²) in [6, 6.07) is 13.7. The normalized spacial score (nSPS) is 12.3. The van der Waals surface area contributed by atoms with E-state index in [0.29, 0.717) is 6.04 Å². The second kappa shape index (κ2) is 8.20. The Morgan fingerprint density at radius 3 is 2.57 bits per heavy atom. The van der Waals surface area contributed by atoms with E-state index in [1.165, 1.54) is 22.5 Å². The third-order valence-electron chi connectivity index (χ3n) is 3.81. The van der Waals surface area contributed by atoms with E-state index in [-0.39, 0.29) is 0 Å². The molecule has 3 heteroatoms. The number of thiophene rings is 1. The first-order valence-corrected chi connectivity index (χ1v) is 8.65. The lowest BCUT2D eigenvalue weighted by atomic mass is 10.1. The third-order valence-corrected chi connectivity index (χ3v) is 4.74. The van der Waals surface area contributed by atoms with Crippen LogP contribution in [0.2, 0.25) is 0 Å². The summed E-state index contributed by atoms with van der Waals surface area (Å²) in [7, 11) is 2.17. The highest BCUT2D eigenvalue weighted by atomic mass is 32.1. The topological polar surface area (TPSA) is 15.3 Å². The maximum Gasteiger partial charge on any atom is 0.0363 e. The molecule has 0 radical (unpaired) electrons. The number of anilines is 1. The van der Waals surface area contributed by atoms with Crippen molar-refractivity contribution < 1.29 is 0 Å². The molecule has 0 saturated carbocycles. The number of nitrogens with zero attached hydrogens (tertiary/aromatic N) is 1. The second-order valence-corrected chi connectivity index (χ2v) is 6.55. The van der Waals surface area contributed by atoms with Crippen molar-refractivity contribution in [2.24, 2.45) is 0 Å². The molecular formula is C18H26N2S. The minimum absolute atomic E-state index is 0.426. The summed E-state index contributed by atoms with van der Waals surface area (Å²) in [5.41, 5.74) is 2.65. The Labute approximate surface area is 132 Å². The number of likely N-dealkylation sites (N-methyl/N-ethyl adjacent to an activating group) is 1. The molecule has 0 saturated heterocycles. The highest BCUT2D eigenvalue weighted by Crippen LogP contribution is 2.19. The van der Waals surface area contributed by atoms with Crippen LogP contribution in [0.15, 0.2) is 41.8 Å². The van der Waals surface area contributed by atoms with Crippen molar-refractivity contribution in [2.45, 2.75) is 32.7 Å². The Morgan fingerprint density at radius 1 is 1.19 bits per heavy atom. The largest absolute Gasteiger partial charge is 0.374 e. The number of nitrogens with one attached hydrogen (secondary N) is 1. The zero-order valence-electron chi connectivity index (χ0n) is 13.3. The van der Waals surface area contributed by atoms with Gasteiger partial charge >= 0.3 is 0 Å². The first-order valence-electron chi connectivity index (χ1n) is 7.77. The number of benzene rings is 1. The van der Waals surface area contributed by atoms with Crippen LogP contribution in [0.5, 0.6) is 0 Å². The number of hydrogen-bond donors (Lipinski definition) is 1. The van der Waals surface area contributed by atoms with Crippen LogP contribution in [-0.2, 0) is 6.42 Å². The van der Waals surface area contributed by atoms with Gasteiger partial charge in [-0.2, -0.15) is 0 Å². The Balaban J connectivity index is 1.88. The molecule has 114 valence electrons. The molecule has 0 aliphatic rings. The van der Waals surface area contributed by atoms with Crippen LogP contribution in [0.25, 0.3) is 0 Å². The highest BCUT2D eigenvalue weighted by molar-refractivity contribution is 7.09. The van der Waals surface area contributed by atoms with Crippen LogP contribution in [0.4, 0.5) is 5.69 Å². The average molecular weight is 302 g/mol. The lowest BCUT2D eigenvalue weighted by Crippen LogP contribution is -2.21. The minimum atomic E-state index is 0.426. The monoisotopic (exact) mass is 302 g/mol. The van der Waals surface area contributed by atoms with E-state index >= 15 is 0 Å². The molecule has 0 fully saturated rings. The molecule has 1 N–H and O–H groups in total. The van der Waals surface area contributed by atoms with Gasteiger partial charge in [0.15, 0.2) is 0 Å². The summed E-state index contributed by atoms with van der Waals surface area (Å²) >= 11 is 1.84. The molecule has 0 bridgehead atoms. The molecule has 1 aromatic heterocycles. The van der Waals surface area contributed by atoms with Gasteiger partial charge in [0.1, 0.15) is 0 Å². The van der Waals surface area contributed by atoms with Crippen LogP contribution in [0.1, 0.15) is 36.8 Å². The van der Waals surface area contributed by atoms with Crippen molar-refractivity contribution >= 4 is 17.0 Å². The zero-order valence-corrected chi connectivity index (χ0v) is 14.1. The van der Waals surface area contributed by atoms with Crippen LogP contribution in [0.3, 0.4) is 0 Å². The van der Waals surface area contributed by atoms with Gasteiger partial charge < -0.3 is 10.2 Å². The number of hydrogen-bond acceptors (Lipinski definition) is 3. The minimum Gasteiger partial charge on any atom is -0.374 e. The fourth-order valence-corrected chi connectivity index (χ4v) is 3.06. The summed E-state index contributed by atoms with van der Waals surface area (Å²) in [5.74, 6) is 0. The fraction of sp³-hybridized carbons (Fsp3) is 0.444. The lowest BCUT2D eigenvalue weighted by Gasteiger charge is -2.20. The predicted molar refractivity (Wildman–Crippen MR) is 94.4 cm³/mol. The van der Waals surface area contributed by atoms with Crippen molar-refractivity contribution in [1.82, 2.24) is 5.32 Å². The standard InChI is InChI=1S/C18H26N2S/c1-4-12-19-15(2)16-7-9-17(10-8-16)20(3)13-11-18-6-5-14-21-18/h5-10,14-15,19H,4,11-13H2,1-3H3. The van der Waals surface area contributed by atoms with Gasteiger partial charge in [-0.25, -0.2) is 0 Å². The highest BCUT2D eigenvalue weighted by Gasteiger charge is 2.06. The van der Waals surface area contributed by atoms with Gasteiger partial charge in [0, 0.05) is 30.2 Å². The predicted octanol–water partition coefficient (Wildman–Crippen LogP) is 4.49. The van der Waals surface area contributed by atoms with Crippen LogP contribution in [0, 0.1) is 0 Å². The molecule has 2 aromatic rings. The van der Waals surface area contributed by atoms with Crippen molar-refractivity contribution in [3.63, 3.8) is 0 Å². The molecule has 2 rings (SSSR count). The van der Waals surface area contributed by atoms with Crippen molar-refractivity contribution in [3.8, 4) is 0 Å². The summed E-state index contributed by atoms with van der Waals surface area (Å²) < 4.78 is 0. The van der Waals surface area contributed by atoms with Gasteiger partial charge in [-0.1, -0.05) is 25.1 Å². The smallest absolute Gasteiger partial charge is 0.0363 e. The number of rotatable bonds is 8. The van der Waals surface area contributed by atoms with Gasteiger partial charge in [0.2, 0.25) is 0 Å². The van der Waals surface area contributed by atoms with E-state index < -0.39 is 0 Å². The molecular weight excluding hydrogens is 276 g/mol. The zero-order chi connectivity index (χ0) is 15.1. The summed E-state index contributed by atoms with van der Waals surface area (Å²) in [5, 5.41) is 5.68. The molecule has 1 unspecified atom stereocenters. The summed E-state index contributed by atoms with van der Waals surface area (Å²) in [6.45, 7) is 6.56. The SMILES string of the molecule is CCCNC(C)c1ccc(N(C)CCc2cccs2)cc1. The molecule has 0 aliphatic heterocycles. The van der Waals surface area contributed by atoms with Gasteiger partial charge in [0.05, 0.1) is 0 Å².